The maximum Gasteiger partial charge on any atom is 0.252 e. The molecule has 1 aliphatic rings. The van der Waals surface area contributed by atoms with Gasteiger partial charge in [-0.25, -0.2) is 0 Å². The van der Waals surface area contributed by atoms with Gasteiger partial charge in [0.1, 0.15) is 0 Å². The third-order valence-corrected chi connectivity index (χ3v) is 4.11. The second kappa shape index (κ2) is 5.28. The molecule has 0 saturated heterocycles. The van der Waals surface area contributed by atoms with Gasteiger partial charge in [0.15, 0.2) is 0 Å². The lowest BCUT2D eigenvalue weighted by atomic mass is 10.0. The van der Waals surface area contributed by atoms with Crippen molar-refractivity contribution in [2.75, 3.05) is 5.32 Å². The number of amides is 2. The first-order chi connectivity index (χ1) is 11.2. The maximum absolute atomic E-state index is 12.3. The van der Waals surface area contributed by atoms with E-state index in [2.05, 4.69) is 15.6 Å². The third kappa shape index (κ3) is 2.46. The van der Waals surface area contributed by atoms with Crippen LogP contribution in [0.25, 0.3) is 10.9 Å². The fourth-order valence-corrected chi connectivity index (χ4v) is 3.01. The van der Waals surface area contributed by atoms with Gasteiger partial charge in [0.25, 0.3) is 5.91 Å². The lowest BCUT2D eigenvalue weighted by Crippen LogP contribution is -2.24. The number of hydrogen-bond donors (Lipinski definition) is 3. The van der Waals surface area contributed by atoms with Crippen molar-refractivity contribution in [1.29, 1.82) is 0 Å². The molecule has 2 aromatic carbocycles. The Balaban J connectivity index is 1.49. The minimum Gasteiger partial charge on any atom is -0.361 e. The van der Waals surface area contributed by atoms with E-state index in [1.54, 1.807) is 6.07 Å². The molecule has 4 rings (SSSR count). The van der Waals surface area contributed by atoms with Gasteiger partial charge in [-0.05, 0) is 35.9 Å². The predicted molar refractivity (Wildman–Crippen MR) is 88.2 cm³/mol. The van der Waals surface area contributed by atoms with Crippen LogP contribution >= 0.6 is 0 Å². The van der Waals surface area contributed by atoms with Crippen LogP contribution in [-0.2, 0) is 4.79 Å². The molecule has 0 spiro atoms. The molecule has 0 fully saturated rings. The second-order valence-electron chi connectivity index (χ2n) is 5.65. The van der Waals surface area contributed by atoms with Crippen molar-refractivity contribution in [2.24, 2.45) is 0 Å². The van der Waals surface area contributed by atoms with E-state index in [-0.39, 0.29) is 24.3 Å². The number of anilines is 1. The van der Waals surface area contributed by atoms with Gasteiger partial charge in [0, 0.05) is 28.4 Å². The van der Waals surface area contributed by atoms with Crippen molar-refractivity contribution < 1.29 is 9.59 Å². The van der Waals surface area contributed by atoms with E-state index in [0.29, 0.717) is 5.56 Å². The van der Waals surface area contributed by atoms with Crippen molar-refractivity contribution in [3.63, 3.8) is 0 Å². The Kier molecular flexibility index (Phi) is 3.12. The number of carbonyl (C=O) groups excluding carboxylic acids is 2. The summed E-state index contributed by atoms with van der Waals surface area (Å²) in [5, 5.41) is 6.79. The number of fused-ring (bicyclic) bond motifs is 2. The van der Waals surface area contributed by atoms with Crippen LogP contribution in [0.3, 0.4) is 0 Å². The lowest BCUT2D eigenvalue weighted by molar-refractivity contribution is -0.116. The molecule has 0 aliphatic carbocycles. The molecule has 1 unspecified atom stereocenters. The van der Waals surface area contributed by atoms with Crippen LogP contribution in [0.4, 0.5) is 5.69 Å². The highest BCUT2D eigenvalue weighted by atomic mass is 16.2. The summed E-state index contributed by atoms with van der Waals surface area (Å²) in [6.45, 7) is 0. The Morgan fingerprint density at radius 2 is 2.00 bits per heavy atom. The molecular weight excluding hydrogens is 290 g/mol. The molecule has 0 radical (unpaired) electrons. The molecule has 114 valence electrons. The fraction of sp³-hybridized carbons (Fsp3) is 0.111. The van der Waals surface area contributed by atoms with E-state index in [1.807, 2.05) is 48.7 Å². The highest BCUT2D eigenvalue weighted by molar-refractivity contribution is 6.01. The van der Waals surface area contributed by atoms with Crippen molar-refractivity contribution in [2.45, 2.75) is 12.5 Å². The molecule has 3 N–H and O–H groups in total. The Bertz CT molecular complexity index is 913. The summed E-state index contributed by atoms with van der Waals surface area (Å²) < 4.78 is 0. The summed E-state index contributed by atoms with van der Waals surface area (Å²) in [5.74, 6) is -0.242. The highest BCUT2D eigenvalue weighted by Crippen LogP contribution is 2.28. The van der Waals surface area contributed by atoms with E-state index in [0.717, 1.165) is 22.2 Å². The van der Waals surface area contributed by atoms with Gasteiger partial charge in [-0.2, -0.15) is 0 Å². The summed E-state index contributed by atoms with van der Waals surface area (Å²) in [6, 6.07) is 14.8. The van der Waals surface area contributed by atoms with E-state index in [1.165, 1.54) is 0 Å². The molecule has 1 atom stereocenters. The average Bonchev–Trinajstić information content (AvgIpc) is 3.12. The fourth-order valence-electron chi connectivity index (χ4n) is 3.01. The zero-order chi connectivity index (χ0) is 15.8. The molecule has 23 heavy (non-hydrogen) atoms. The van der Waals surface area contributed by atoms with Crippen LogP contribution in [0, 0.1) is 0 Å². The van der Waals surface area contributed by atoms with Crippen LogP contribution in [0.5, 0.6) is 0 Å². The number of aromatic amines is 1. The van der Waals surface area contributed by atoms with Crippen molar-refractivity contribution >= 4 is 28.4 Å². The van der Waals surface area contributed by atoms with E-state index in [9.17, 15) is 9.59 Å². The molecular formula is C18H15N3O2. The summed E-state index contributed by atoms with van der Waals surface area (Å²) in [7, 11) is 0. The molecule has 2 amide bonds. The van der Waals surface area contributed by atoms with Gasteiger partial charge in [-0.3, -0.25) is 9.59 Å². The van der Waals surface area contributed by atoms with Gasteiger partial charge in [0.2, 0.25) is 5.91 Å². The molecule has 0 bridgehead atoms. The summed E-state index contributed by atoms with van der Waals surface area (Å²) in [6.07, 6.45) is 2.08. The number of H-pyrrole nitrogens is 1. The Morgan fingerprint density at radius 1 is 1.13 bits per heavy atom. The normalized spacial score (nSPS) is 16.2. The van der Waals surface area contributed by atoms with Crippen LogP contribution in [0.2, 0.25) is 0 Å². The van der Waals surface area contributed by atoms with Crippen LogP contribution in [0.1, 0.15) is 28.4 Å². The first kappa shape index (κ1) is 13.6. The Hall–Kier alpha value is -3.08. The topological polar surface area (TPSA) is 74.0 Å². The zero-order valence-electron chi connectivity index (χ0n) is 12.3. The predicted octanol–water partition coefficient (Wildman–Crippen LogP) is 2.98. The number of benzene rings is 2. The SMILES string of the molecule is O=C(CC1NC(=O)c2ccccc21)Nc1ccc2[nH]ccc2c1. The van der Waals surface area contributed by atoms with Gasteiger partial charge in [-0.1, -0.05) is 18.2 Å². The first-order valence-corrected chi connectivity index (χ1v) is 7.47. The van der Waals surface area contributed by atoms with Gasteiger partial charge in [0.05, 0.1) is 12.5 Å². The molecule has 5 nitrogen and oxygen atoms in total. The Labute approximate surface area is 132 Å². The van der Waals surface area contributed by atoms with E-state index < -0.39 is 0 Å². The summed E-state index contributed by atoms with van der Waals surface area (Å²) >= 11 is 0. The van der Waals surface area contributed by atoms with Crippen LogP contribution < -0.4 is 10.6 Å². The maximum atomic E-state index is 12.3. The number of rotatable bonds is 3. The molecule has 0 saturated carbocycles. The largest absolute Gasteiger partial charge is 0.361 e. The number of hydrogen-bond acceptors (Lipinski definition) is 2. The van der Waals surface area contributed by atoms with E-state index >= 15 is 0 Å². The third-order valence-electron chi connectivity index (χ3n) is 4.11. The van der Waals surface area contributed by atoms with Crippen LogP contribution in [-0.4, -0.2) is 16.8 Å². The van der Waals surface area contributed by atoms with Crippen molar-refractivity contribution in [3.8, 4) is 0 Å². The standard InChI is InChI=1S/C18H15N3O2/c22-17(20-12-5-6-15-11(9-12)7-8-19-15)10-16-13-3-1-2-4-14(13)18(23)21-16/h1-9,16,19H,10H2,(H,20,22)(H,21,23). The number of aromatic nitrogens is 1. The Morgan fingerprint density at radius 3 is 2.91 bits per heavy atom. The minimum atomic E-state index is -0.269. The van der Waals surface area contributed by atoms with E-state index in [4.69, 9.17) is 0 Å². The molecule has 5 heteroatoms. The second-order valence-corrected chi connectivity index (χ2v) is 5.65. The monoisotopic (exact) mass is 305 g/mol. The summed E-state index contributed by atoms with van der Waals surface area (Å²) in [5.41, 5.74) is 3.31. The quantitative estimate of drug-likeness (QED) is 0.696. The van der Waals surface area contributed by atoms with Crippen molar-refractivity contribution in [1.82, 2.24) is 10.3 Å². The minimum absolute atomic E-state index is 0.118. The van der Waals surface area contributed by atoms with Gasteiger partial charge >= 0.3 is 0 Å². The smallest absolute Gasteiger partial charge is 0.252 e. The molecule has 2 heterocycles. The summed E-state index contributed by atoms with van der Waals surface area (Å²) in [4.78, 5) is 27.3. The molecule has 1 aliphatic heterocycles. The molecule has 3 aromatic rings. The number of carbonyl (C=O) groups is 2. The molecule has 1 aromatic heterocycles. The average molecular weight is 305 g/mol. The van der Waals surface area contributed by atoms with Gasteiger partial charge < -0.3 is 15.6 Å². The number of nitrogens with one attached hydrogen (secondary N) is 3. The van der Waals surface area contributed by atoms with Crippen molar-refractivity contribution in [3.05, 3.63) is 65.9 Å². The first-order valence-electron chi connectivity index (χ1n) is 7.47. The zero-order valence-corrected chi connectivity index (χ0v) is 12.3. The van der Waals surface area contributed by atoms with Crippen LogP contribution in [0.15, 0.2) is 54.7 Å². The van der Waals surface area contributed by atoms with Gasteiger partial charge in [-0.15, -0.1) is 0 Å². The highest BCUT2D eigenvalue weighted by Gasteiger charge is 2.29. The lowest BCUT2D eigenvalue weighted by Gasteiger charge is -2.12.